The van der Waals surface area contributed by atoms with Crippen LogP contribution in [0, 0.1) is 0 Å². The molecule has 1 atom stereocenters. The number of carbonyl (C=O) groups is 1. The average molecular weight is 219 g/mol. The van der Waals surface area contributed by atoms with Gasteiger partial charge in [0.2, 0.25) is 5.91 Å². The van der Waals surface area contributed by atoms with Crippen LogP contribution in [-0.4, -0.2) is 11.0 Å². The Labute approximate surface area is 95.5 Å². The molecule has 1 aromatic carbocycles. The Morgan fingerprint density at radius 2 is 2.12 bits per heavy atom. The van der Waals surface area contributed by atoms with Crippen LogP contribution in [0.25, 0.3) is 0 Å². The highest BCUT2D eigenvalue weighted by Crippen LogP contribution is 2.38. The summed E-state index contributed by atoms with van der Waals surface area (Å²) in [6.45, 7) is 5.74. The maximum absolute atomic E-state index is 11.7. The lowest BCUT2D eigenvalue weighted by Crippen LogP contribution is -2.26. The maximum atomic E-state index is 11.7. The second-order valence-electron chi connectivity index (χ2n) is 4.81. The minimum absolute atomic E-state index is 0.0191. The summed E-state index contributed by atoms with van der Waals surface area (Å²) in [4.78, 5) is 11.7. The Kier molecular flexibility index (Phi) is 2.50. The molecule has 1 amide bonds. The molecule has 0 spiro atoms. The standard InChI is InChI=1S/C13H17NO2/c1-4-11(15)8-5-6-10-9(7-8)13(2,3)12(16)14-10/h5-7,11,15H,4H2,1-3H3,(H,14,16)/t11-/m0/s1. The predicted molar refractivity (Wildman–Crippen MR) is 63.3 cm³/mol. The monoisotopic (exact) mass is 219 g/mol. The SMILES string of the molecule is CC[C@H](O)c1ccc2c(c1)C(C)(C)C(=O)N2. The molecule has 16 heavy (non-hydrogen) atoms. The van der Waals surface area contributed by atoms with Crippen LogP contribution in [0.2, 0.25) is 0 Å². The molecule has 1 aliphatic heterocycles. The van der Waals surface area contributed by atoms with E-state index in [-0.39, 0.29) is 5.91 Å². The van der Waals surface area contributed by atoms with Crippen molar-refractivity contribution < 1.29 is 9.90 Å². The first-order chi connectivity index (χ1) is 7.46. The van der Waals surface area contributed by atoms with Gasteiger partial charge >= 0.3 is 0 Å². The third-order valence-corrected chi connectivity index (χ3v) is 3.30. The minimum Gasteiger partial charge on any atom is -0.388 e. The van der Waals surface area contributed by atoms with Crippen molar-refractivity contribution >= 4 is 11.6 Å². The van der Waals surface area contributed by atoms with Gasteiger partial charge in [-0.1, -0.05) is 19.1 Å². The van der Waals surface area contributed by atoms with Gasteiger partial charge in [-0.25, -0.2) is 0 Å². The Morgan fingerprint density at radius 1 is 1.44 bits per heavy atom. The van der Waals surface area contributed by atoms with E-state index in [1.54, 1.807) is 0 Å². The molecule has 0 saturated carbocycles. The zero-order valence-corrected chi connectivity index (χ0v) is 9.87. The largest absolute Gasteiger partial charge is 0.388 e. The Morgan fingerprint density at radius 3 is 2.75 bits per heavy atom. The molecule has 1 aromatic rings. The van der Waals surface area contributed by atoms with Crippen LogP contribution < -0.4 is 5.32 Å². The van der Waals surface area contributed by atoms with Crippen molar-refractivity contribution in [1.82, 2.24) is 0 Å². The first-order valence-electron chi connectivity index (χ1n) is 5.60. The first kappa shape index (κ1) is 11.1. The van der Waals surface area contributed by atoms with Crippen molar-refractivity contribution in [3.8, 4) is 0 Å². The Hall–Kier alpha value is -1.35. The second kappa shape index (κ2) is 3.59. The molecule has 1 heterocycles. The van der Waals surface area contributed by atoms with Crippen molar-refractivity contribution in [2.24, 2.45) is 0 Å². The van der Waals surface area contributed by atoms with Gasteiger partial charge in [-0.2, -0.15) is 0 Å². The molecule has 0 radical (unpaired) electrons. The molecule has 0 unspecified atom stereocenters. The number of hydrogen-bond donors (Lipinski definition) is 2. The molecular formula is C13H17NO2. The summed E-state index contributed by atoms with van der Waals surface area (Å²) >= 11 is 0. The first-order valence-corrected chi connectivity index (χ1v) is 5.60. The van der Waals surface area contributed by atoms with Gasteiger partial charge in [0, 0.05) is 5.69 Å². The number of nitrogens with one attached hydrogen (secondary N) is 1. The lowest BCUT2D eigenvalue weighted by Gasteiger charge is -2.17. The number of aliphatic hydroxyl groups is 1. The van der Waals surface area contributed by atoms with E-state index in [1.165, 1.54) is 0 Å². The summed E-state index contributed by atoms with van der Waals surface area (Å²) in [5.41, 5.74) is 2.22. The fourth-order valence-corrected chi connectivity index (χ4v) is 2.03. The van der Waals surface area contributed by atoms with Crippen molar-refractivity contribution in [2.75, 3.05) is 5.32 Å². The quantitative estimate of drug-likeness (QED) is 0.802. The number of amides is 1. The summed E-state index contributed by atoms with van der Waals surface area (Å²) in [6.07, 6.45) is 0.234. The van der Waals surface area contributed by atoms with Gasteiger partial charge in [0.05, 0.1) is 11.5 Å². The maximum Gasteiger partial charge on any atom is 0.234 e. The van der Waals surface area contributed by atoms with Crippen molar-refractivity contribution in [2.45, 2.75) is 38.7 Å². The van der Waals surface area contributed by atoms with Crippen LogP contribution in [0.3, 0.4) is 0 Å². The molecule has 3 heteroatoms. The van der Waals surface area contributed by atoms with Gasteiger partial charge in [-0.3, -0.25) is 4.79 Å². The van der Waals surface area contributed by atoms with E-state index in [0.29, 0.717) is 6.42 Å². The van der Waals surface area contributed by atoms with Crippen LogP contribution in [0.5, 0.6) is 0 Å². The van der Waals surface area contributed by atoms with Crippen molar-refractivity contribution in [1.29, 1.82) is 0 Å². The molecule has 0 aromatic heterocycles. The number of carbonyl (C=O) groups excluding carboxylic acids is 1. The van der Waals surface area contributed by atoms with Crippen molar-refractivity contribution in [3.63, 3.8) is 0 Å². The summed E-state index contributed by atoms with van der Waals surface area (Å²) in [6, 6.07) is 5.67. The molecule has 0 saturated heterocycles. The Bertz CT molecular complexity index is 438. The van der Waals surface area contributed by atoms with Gasteiger partial charge < -0.3 is 10.4 Å². The van der Waals surface area contributed by atoms with Gasteiger partial charge in [-0.15, -0.1) is 0 Å². The topological polar surface area (TPSA) is 49.3 Å². The third kappa shape index (κ3) is 1.52. The normalized spacial score (nSPS) is 19.1. The average Bonchev–Trinajstić information content (AvgIpc) is 2.49. The van der Waals surface area contributed by atoms with Gasteiger partial charge in [-0.05, 0) is 37.5 Å². The Balaban J connectivity index is 2.48. The molecule has 0 fully saturated rings. The molecule has 1 aliphatic rings. The van der Waals surface area contributed by atoms with E-state index in [2.05, 4.69) is 5.32 Å². The molecule has 2 rings (SSSR count). The highest BCUT2D eigenvalue weighted by atomic mass is 16.3. The van der Waals surface area contributed by atoms with Crippen LogP contribution in [0.1, 0.15) is 44.4 Å². The van der Waals surface area contributed by atoms with Crippen LogP contribution in [-0.2, 0) is 10.2 Å². The fourth-order valence-electron chi connectivity index (χ4n) is 2.03. The second-order valence-corrected chi connectivity index (χ2v) is 4.81. The molecular weight excluding hydrogens is 202 g/mol. The van der Waals surface area contributed by atoms with Crippen LogP contribution in [0.15, 0.2) is 18.2 Å². The highest BCUT2D eigenvalue weighted by Gasteiger charge is 2.38. The number of anilines is 1. The number of fused-ring (bicyclic) bond motifs is 1. The predicted octanol–water partition coefficient (Wildman–Crippen LogP) is 2.36. The highest BCUT2D eigenvalue weighted by molar-refractivity contribution is 6.05. The molecule has 0 aliphatic carbocycles. The van der Waals surface area contributed by atoms with Gasteiger partial charge in [0.25, 0.3) is 0 Å². The number of rotatable bonds is 2. The number of hydrogen-bond acceptors (Lipinski definition) is 2. The van der Waals surface area contributed by atoms with E-state index >= 15 is 0 Å². The van der Waals surface area contributed by atoms with E-state index in [0.717, 1.165) is 16.8 Å². The lowest BCUT2D eigenvalue weighted by atomic mass is 9.85. The molecule has 0 bridgehead atoms. The van der Waals surface area contributed by atoms with Gasteiger partial charge in [0.1, 0.15) is 0 Å². The summed E-state index contributed by atoms with van der Waals surface area (Å²) in [5.74, 6) is 0.0191. The fraction of sp³-hybridized carbons (Fsp3) is 0.462. The zero-order valence-electron chi connectivity index (χ0n) is 9.87. The van der Waals surface area contributed by atoms with E-state index in [4.69, 9.17) is 0 Å². The van der Waals surface area contributed by atoms with Gasteiger partial charge in [0.15, 0.2) is 0 Å². The third-order valence-electron chi connectivity index (χ3n) is 3.30. The van der Waals surface area contributed by atoms with Crippen LogP contribution >= 0.6 is 0 Å². The number of aliphatic hydroxyl groups excluding tert-OH is 1. The molecule has 2 N–H and O–H groups in total. The number of benzene rings is 1. The minimum atomic E-state index is -0.501. The summed E-state index contributed by atoms with van der Waals surface area (Å²) in [5, 5.41) is 12.6. The van der Waals surface area contributed by atoms with E-state index in [9.17, 15) is 9.90 Å². The smallest absolute Gasteiger partial charge is 0.234 e. The summed E-state index contributed by atoms with van der Waals surface area (Å²) in [7, 11) is 0. The summed E-state index contributed by atoms with van der Waals surface area (Å²) < 4.78 is 0. The van der Waals surface area contributed by atoms with Crippen LogP contribution in [0.4, 0.5) is 5.69 Å². The van der Waals surface area contributed by atoms with Crippen molar-refractivity contribution in [3.05, 3.63) is 29.3 Å². The van der Waals surface area contributed by atoms with E-state index in [1.807, 2.05) is 39.0 Å². The lowest BCUT2D eigenvalue weighted by molar-refractivity contribution is -0.119. The molecule has 86 valence electrons. The molecule has 3 nitrogen and oxygen atoms in total. The van der Waals surface area contributed by atoms with E-state index < -0.39 is 11.5 Å². The zero-order chi connectivity index (χ0) is 11.9.